The van der Waals surface area contributed by atoms with Gasteiger partial charge in [0.05, 0.1) is 27.2 Å². The van der Waals surface area contributed by atoms with Gasteiger partial charge in [-0.3, -0.25) is 9.59 Å². The third kappa shape index (κ3) is 4.32. The van der Waals surface area contributed by atoms with Gasteiger partial charge in [-0.1, -0.05) is 18.2 Å². The molecule has 32 heavy (non-hydrogen) atoms. The molecule has 1 heterocycles. The number of hydrogen-bond acceptors (Lipinski definition) is 5. The molecule has 0 radical (unpaired) electrons. The van der Waals surface area contributed by atoms with Crippen molar-refractivity contribution in [3.8, 4) is 17.2 Å². The van der Waals surface area contributed by atoms with Crippen LogP contribution in [-0.2, 0) is 16.1 Å². The summed E-state index contributed by atoms with van der Waals surface area (Å²) in [6.45, 7) is 0.736. The highest BCUT2D eigenvalue weighted by atomic mass is 16.5. The average Bonchev–Trinajstić information content (AvgIpc) is 3.23. The number of anilines is 1. The van der Waals surface area contributed by atoms with Gasteiger partial charge in [0, 0.05) is 31.3 Å². The van der Waals surface area contributed by atoms with Gasteiger partial charge in [-0.2, -0.15) is 0 Å². The molecule has 1 saturated heterocycles. The highest BCUT2D eigenvalue weighted by Gasteiger charge is 2.35. The van der Waals surface area contributed by atoms with E-state index in [0.29, 0.717) is 30.3 Å². The standard InChI is InChI=1S/C25H26N2O5/c1-30-21-8-6-17-10-16(4-5-18(17)11-21)14-26-25(29)19-12-24(28)27(15-19)20-7-9-22(31-2)23(13-20)32-3/h4-11,13,19H,12,14-15H2,1-3H3,(H,26,29). The summed E-state index contributed by atoms with van der Waals surface area (Å²) in [5.74, 6) is 1.32. The van der Waals surface area contributed by atoms with Crippen molar-refractivity contribution >= 4 is 28.3 Å². The Balaban J connectivity index is 1.40. The molecule has 3 aromatic carbocycles. The first kappa shape index (κ1) is 21.5. The average molecular weight is 434 g/mol. The van der Waals surface area contributed by atoms with Gasteiger partial charge in [0.2, 0.25) is 11.8 Å². The van der Waals surface area contributed by atoms with Crippen molar-refractivity contribution in [1.82, 2.24) is 5.32 Å². The first-order valence-corrected chi connectivity index (χ1v) is 10.4. The molecule has 1 aliphatic rings. The van der Waals surface area contributed by atoms with Crippen LogP contribution in [0.4, 0.5) is 5.69 Å². The maximum Gasteiger partial charge on any atom is 0.227 e. The number of fused-ring (bicyclic) bond motifs is 1. The third-order valence-electron chi connectivity index (χ3n) is 5.75. The molecular weight excluding hydrogens is 408 g/mol. The zero-order valence-electron chi connectivity index (χ0n) is 18.4. The fourth-order valence-electron chi connectivity index (χ4n) is 3.97. The molecule has 7 heteroatoms. The summed E-state index contributed by atoms with van der Waals surface area (Å²) in [6, 6.07) is 17.2. The summed E-state index contributed by atoms with van der Waals surface area (Å²) in [6.07, 6.45) is 0.178. The van der Waals surface area contributed by atoms with E-state index in [-0.39, 0.29) is 18.2 Å². The zero-order chi connectivity index (χ0) is 22.7. The van der Waals surface area contributed by atoms with E-state index in [1.807, 2.05) is 36.4 Å². The number of amides is 2. The van der Waals surface area contributed by atoms with Crippen LogP contribution in [0.2, 0.25) is 0 Å². The van der Waals surface area contributed by atoms with Gasteiger partial charge in [0.15, 0.2) is 11.5 Å². The second kappa shape index (κ2) is 9.18. The number of nitrogens with zero attached hydrogens (tertiary/aromatic N) is 1. The summed E-state index contributed by atoms with van der Waals surface area (Å²) in [5.41, 5.74) is 1.69. The lowest BCUT2D eigenvalue weighted by molar-refractivity contribution is -0.126. The topological polar surface area (TPSA) is 77.1 Å². The molecule has 0 aliphatic carbocycles. The van der Waals surface area contributed by atoms with Crippen molar-refractivity contribution < 1.29 is 23.8 Å². The molecule has 2 amide bonds. The monoisotopic (exact) mass is 434 g/mol. The van der Waals surface area contributed by atoms with Crippen molar-refractivity contribution in [3.05, 3.63) is 60.2 Å². The normalized spacial score (nSPS) is 15.7. The minimum atomic E-state index is -0.402. The Labute approximate surface area is 186 Å². The van der Waals surface area contributed by atoms with Crippen molar-refractivity contribution in [2.75, 3.05) is 32.8 Å². The molecule has 3 aromatic rings. The smallest absolute Gasteiger partial charge is 0.227 e. The lowest BCUT2D eigenvalue weighted by atomic mass is 10.1. The SMILES string of the molecule is COc1ccc2cc(CNC(=O)C3CC(=O)N(c4ccc(OC)c(OC)c4)C3)ccc2c1. The summed E-state index contributed by atoms with van der Waals surface area (Å²) in [4.78, 5) is 27.0. The Morgan fingerprint density at radius 1 is 0.938 bits per heavy atom. The van der Waals surface area contributed by atoms with Crippen molar-refractivity contribution in [2.24, 2.45) is 5.92 Å². The van der Waals surface area contributed by atoms with Crippen LogP contribution in [-0.4, -0.2) is 39.7 Å². The van der Waals surface area contributed by atoms with Gasteiger partial charge >= 0.3 is 0 Å². The van der Waals surface area contributed by atoms with Crippen molar-refractivity contribution in [1.29, 1.82) is 0 Å². The predicted molar refractivity (Wildman–Crippen MR) is 122 cm³/mol. The van der Waals surface area contributed by atoms with E-state index in [0.717, 1.165) is 22.1 Å². The predicted octanol–water partition coefficient (Wildman–Crippen LogP) is 3.53. The number of methoxy groups -OCH3 is 3. The van der Waals surface area contributed by atoms with Crippen LogP contribution in [0.5, 0.6) is 17.2 Å². The maximum atomic E-state index is 12.8. The lowest BCUT2D eigenvalue weighted by Gasteiger charge is -2.18. The van der Waals surface area contributed by atoms with Crippen LogP contribution in [0.15, 0.2) is 54.6 Å². The Hall–Kier alpha value is -3.74. The number of ether oxygens (including phenoxy) is 3. The second-order valence-electron chi connectivity index (χ2n) is 7.71. The maximum absolute atomic E-state index is 12.8. The summed E-state index contributed by atoms with van der Waals surface area (Å²) in [5, 5.41) is 5.13. The fourth-order valence-corrected chi connectivity index (χ4v) is 3.97. The third-order valence-corrected chi connectivity index (χ3v) is 5.75. The minimum absolute atomic E-state index is 0.0861. The molecule has 4 rings (SSSR count). The number of benzene rings is 3. The van der Waals surface area contributed by atoms with Gasteiger partial charge in [-0.05, 0) is 46.7 Å². The van der Waals surface area contributed by atoms with Gasteiger partial charge in [0.25, 0.3) is 0 Å². The van der Waals surface area contributed by atoms with E-state index in [4.69, 9.17) is 14.2 Å². The Morgan fingerprint density at radius 2 is 1.69 bits per heavy atom. The second-order valence-corrected chi connectivity index (χ2v) is 7.71. The number of hydrogen-bond donors (Lipinski definition) is 1. The van der Waals surface area contributed by atoms with Gasteiger partial charge in [-0.25, -0.2) is 0 Å². The molecule has 0 saturated carbocycles. The van der Waals surface area contributed by atoms with Crippen molar-refractivity contribution in [3.63, 3.8) is 0 Å². The summed E-state index contributed by atoms with van der Waals surface area (Å²) >= 11 is 0. The van der Waals surface area contributed by atoms with E-state index >= 15 is 0 Å². The van der Waals surface area contributed by atoms with E-state index in [9.17, 15) is 9.59 Å². The number of rotatable bonds is 7. The molecular formula is C25H26N2O5. The highest BCUT2D eigenvalue weighted by Crippen LogP contribution is 2.34. The molecule has 1 atom stereocenters. The zero-order valence-corrected chi connectivity index (χ0v) is 18.4. The van der Waals surface area contributed by atoms with Crippen LogP contribution >= 0.6 is 0 Å². The molecule has 166 valence electrons. The molecule has 0 aromatic heterocycles. The van der Waals surface area contributed by atoms with Gasteiger partial charge in [-0.15, -0.1) is 0 Å². The Morgan fingerprint density at radius 3 is 2.44 bits per heavy atom. The molecule has 0 spiro atoms. The van der Waals surface area contributed by atoms with Crippen LogP contribution in [0.25, 0.3) is 10.8 Å². The molecule has 1 N–H and O–H groups in total. The summed E-state index contributed by atoms with van der Waals surface area (Å²) < 4.78 is 15.8. The lowest BCUT2D eigenvalue weighted by Crippen LogP contribution is -2.32. The van der Waals surface area contributed by atoms with Crippen LogP contribution < -0.4 is 24.4 Å². The largest absolute Gasteiger partial charge is 0.497 e. The molecule has 1 unspecified atom stereocenters. The van der Waals surface area contributed by atoms with E-state index in [1.54, 1.807) is 44.4 Å². The van der Waals surface area contributed by atoms with Crippen LogP contribution in [0.3, 0.4) is 0 Å². The van der Waals surface area contributed by atoms with Crippen molar-refractivity contribution in [2.45, 2.75) is 13.0 Å². The summed E-state index contributed by atoms with van der Waals surface area (Å²) in [7, 11) is 4.75. The van der Waals surface area contributed by atoms with Gasteiger partial charge < -0.3 is 24.4 Å². The van der Waals surface area contributed by atoms with E-state index < -0.39 is 5.92 Å². The Kier molecular flexibility index (Phi) is 6.16. The Bertz CT molecular complexity index is 1160. The van der Waals surface area contributed by atoms with Gasteiger partial charge in [0.1, 0.15) is 5.75 Å². The quantitative estimate of drug-likeness (QED) is 0.616. The van der Waals surface area contributed by atoms with Crippen LogP contribution in [0, 0.1) is 5.92 Å². The first-order valence-electron chi connectivity index (χ1n) is 10.4. The number of carbonyl (C=O) groups is 2. The first-order chi connectivity index (χ1) is 15.5. The molecule has 1 fully saturated rings. The molecule has 7 nitrogen and oxygen atoms in total. The van der Waals surface area contributed by atoms with E-state index in [2.05, 4.69) is 5.32 Å². The molecule has 1 aliphatic heterocycles. The highest BCUT2D eigenvalue weighted by molar-refractivity contribution is 6.00. The minimum Gasteiger partial charge on any atom is -0.497 e. The number of nitrogens with one attached hydrogen (secondary N) is 1. The molecule has 0 bridgehead atoms. The van der Waals surface area contributed by atoms with E-state index in [1.165, 1.54) is 0 Å². The van der Waals surface area contributed by atoms with Crippen LogP contribution in [0.1, 0.15) is 12.0 Å². The fraction of sp³-hybridized carbons (Fsp3) is 0.280. The number of carbonyl (C=O) groups excluding carboxylic acids is 2.